The van der Waals surface area contributed by atoms with Gasteiger partial charge in [-0.1, -0.05) is 24.3 Å². The molecule has 0 saturated heterocycles. The van der Waals surface area contributed by atoms with E-state index < -0.39 is 10.0 Å². The predicted octanol–water partition coefficient (Wildman–Crippen LogP) is 1.92. The van der Waals surface area contributed by atoms with Gasteiger partial charge in [-0.3, -0.25) is 4.79 Å². The number of carbonyl (C=O) groups is 1. The van der Waals surface area contributed by atoms with E-state index in [2.05, 4.69) is 5.32 Å². The maximum atomic E-state index is 12.3. The third-order valence-electron chi connectivity index (χ3n) is 3.88. The number of phenols is 1. The van der Waals surface area contributed by atoms with Crippen LogP contribution in [0.25, 0.3) is 0 Å². The van der Waals surface area contributed by atoms with E-state index in [-0.39, 0.29) is 22.1 Å². The molecule has 1 amide bonds. The fourth-order valence-corrected chi connectivity index (χ4v) is 3.50. The van der Waals surface area contributed by atoms with Crippen LogP contribution in [0.2, 0.25) is 0 Å². The molecule has 0 fully saturated rings. The fourth-order valence-electron chi connectivity index (χ4n) is 2.35. The second-order valence-electron chi connectivity index (χ2n) is 5.90. The lowest BCUT2D eigenvalue weighted by Gasteiger charge is -2.14. The van der Waals surface area contributed by atoms with E-state index in [1.807, 2.05) is 6.07 Å². The van der Waals surface area contributed by atoms with Crippen molar-refractivity contribution >= 4 is 15.9 Å². The molecule has 2 rings (SSSR count). The van der Waals surface area contributed by atoms with Gasteiger partial charge in [-0.05, 0) is 42.7 Å². The molecule has 2 aromatic rings. The minimum atomic E-state index is -3.61. The molecule has 7 heteroatoms. The first-order valence-electron chi connectivity index (χ1n) is 7.81. The molecule has 25 heavy (non-hydrogen) atoms. The van der Waals surface area contributed by atoms with Crippen molar-refractivity contribution in [2.75, 3.05) is 20.6 Å². The van der Waals surface area contributed by atoms with E-state index in [0.717, 1.165) is 9.87 Å². The Hall–Kier alpha value is -2.38. The van der Waals surface area contributed by atoms with Crippen molar-refractivity contribution in [1.82, 2.24) is 9.62 Å². The number of nitrogens with zero attached hydrogens (tertiary/aromatic N) is 1. The summed E-state index contributed by atoms with van der Waals surface area (Å²) in [5, 5.41) is 12.5. The SMILES string of the molecule is Cc1ccc(C(=O)NCCc2ccccc2O)cc1S(=O)(=O)N(C)C. The van der Waals surface area contributed by atoms with Crippen molar-refractivity contribution < 1.29 is 18.3 Å². The van der Waals surface area contributed by atoms with Crippen LogP contribution in [0.5, 0.6) is 5.75 Å². The molecule has 0 spiro atoms. The molecule has 0 aliphatic carbocycles. The van der Waals surface area contributed by atoms with E-state index >= 15 is 0 Å². The van der Waals surface area contributed by atoms with E-state index in [1.165, 1.54) is 20.2 Å². The molecule has 0 aliphatic rings. The summed E-state index contributed by atoms with van der Waals surface area (Å²) >= 11 is 0. The normalized spacial score (nSPS) is 11.5. The van der Waals surface area contributed by atoms with Crippen molar-refractivity contribution in [2.45, 2.75) is 18.2 Å². The lowest BCUT2D eigenvalue weighted by Crippen LogP contribution is -2.27. The third-order valence-corrected chi connectivity index (χ3v) is 5.84. The molecule has 6 nitrogen and oxygen atoms in total. The van der Waals surface area contributed by atoms with E-state index in [9.17, 15) is 18.3 Å². The highest BCUT2D eigenvalue weighted by molar-refractivity contribution is 7.89. The highest BCUT2D eigenvalue weighted by Crippen LogP contribution is 2.20. The number of nitrogens with one attached hydrogen (secondary N) is 1. The Bertz CT molecular complexity index is 876. The van der Waals surface area contributed by atoms with Crippen molar-refractivity contribution in [1.29, 1.82) is 0 Å². The molecule has 0 bridgehead atoms. The van der Waals surface area contributed by atoms with Gasteiger partial charge in [-0.25, -0.2) is 12.7 Å². The van der Waals surface area contributed by atoms with Gasteiger partial charge in [0.15, 0.2) is 0 Å². The van der Waals surface area contributed by atoms with Crippen molar-refractivity contribution in [3.8, 4) is 5.75 Å². The summed E-state index contributed by atoms with van der Waals surface area (Å²) in [6.07, 6.45) is 0.479. The Morgan fingerprint density at radius 2 is 1.84 bits per heavy atom. The van der Waals surface area contributed by atoms with E-state index in [4.69, 9.17) is 0 Å². The van der Waals surface area contributed by atoms with Gasteiger partial charge in [0.05, 0.1) is 4.90 Å². The van der Waals surface area contributed by atoms with Gasteiger partial charge in [0.25, 0.3) is 5.91 Å². The van der Waals surface area contributed by atoms with Crippen LogP contribution in [-0.4, -0.2) is 44.4 Å². The van der Waals surface area contributed by atoms with Crippen LogP contribution in [0.4, 0.5) is 0 Å². The topological polar surface area (TPSA) is 86.7 Å². The molecular formula is C18H22N2O4S. The van der Waals surface area contributed by atoms with E-state index in [0.29, 0.717) is 18.5 Å². The van der Waals surface area contributed by atoms with Crippen LogP contribution >= 0.6 is 0 Å². The summed E-state index contributed by atoms with van der Waals surface area (Å²) in [6.45, 7) is 2.02. The van der Waals surface area contributed by atoms with Gasteiger partial charge in [0.1, 0.15) is 5.75 Å². The highest BCUT2D eigenvalue weighted by atomic mass is 32.2. The Morgan fingerprint density at radius 1 is 1.16 bits per heavy atom. The summed E-state index contributed by atoms with van der Waals surface area (Å²) in [6, 6.07) is 11.5. The lowest BCUT2D eigenvalue weighted by atomic mass is 10.1. The van der Waals surface area contributed by atoms with Gasteiger partial charge in [0, 0.05) is 26.2 Å². The van der Waals surface area contributed by atoms with Gasteiger partial charge in [-0.2, -0.15) is 0 Å². The fraction of sp³-hybridized carbons (Fsp3) is 0.278. The molecule has 0 radical (unpaired) electrons. The second kappa shape index (κ2) is 7.67. The molecule has 2 N–H and O–H groups in total. The summed E-state index contributed by atoms with van der Waals surface area (Å²) < 4.78 is 25.8. The molecular weight excluding hydrogens is 340 g/mol. The molecule has 0 saturated carbocycles. The minimum absolute atomic E-state index is 0.117. The number of amides is 1. The third kappa shape index (κ3) is 4.37. The maximum absolute atomic E-state index is 12.3. The molecule has 134 valence electrons. The average Bonchev–Trinajstić information content (AvgIpc) is 2.56. The van der Waals surface area contributed by atoms with Gasteiger partial charge >= 0.3 is 0 Å². The molecule has 0 aliphatic heterocycles. The number of sulfonamides is 1. The number of aryl methyl sites for hydroxylation is 1. The summed E-state index contributed by atoms with van der Waals surface area (Å²) in [5.41, 5.74) is 1.60. The van der Waals surface area contributed by atoms with Crippen molar-refractivity contribution in [2.24, 2.45) is 0 Å². The zero-order valence-electron chi connectivity index (χ0n) is 14.5. The molecule has 0 heterocycles. The summed E-state index contributed by atoms with van der Waals surface area (Å²) in [5.74, 6) is -0.169. The Kier molecular flexibility index (Phi) is 5.81. The van der Waals surface area contributed by atoms with Gasteiger partial charge < -0.3 is 10.4 Å². The van der Waals surface area contributed by atoms with Gasteiger partial charge in [-0.15, -0.1) is 0 Å². The Labute approximate surface area is 148 Å². The van der Waals surface area contributed by atoms with Crippen LogP contribution in [0, 0.1) is 6.92 Å². The van der Waals surface area contributed by atoms with E-state index in [1.54, 1.807) is 37.3 Å². The first-order valence-corrected chi connectivity index (χ1v) is 9.25. The number of phenolic OH excluding ortho intramolecular Hbond substituents is 1. The molecule has 0 atom stereocenters. The maximum Gasteiger partial charge on any atom is 0.251 e. The van der Waals surface area contributed by atoms with Crippen molar-refractivity contribution in [3.05, 3.63) is 59.2 Å². The van der Waals surface area contributed by atoms with Crippen molar-refractivity contribution in [3.63, 3.8) is 0 Å². The smallest absolute Gasteiger partial charge is 0.251 e. The minimum Gasteiger partial charge on any atom is -0.508 e. The zero-order valence-corrected chi connectivity index (χ0v) is 15.3. The summed E-state index contributed by atoms with van der Waals surface area (Å²) in [4.78, 5) is 12.4. The first-order chi connectivity index (χ1) is 11.7. The number of hydrogen-bond acceptors (Lipinski definition) is 4. The first kappa shape index (κ1) is 19.0. The quantitative estimate of drug-likeness (QED) is 0.822. The Morgan fingerprint density at radius 3 is 2.48 bits per heavy atom. The number of carbonyl (C=O) groups excluding carboxylic acids is 1. The number of hydrogen-bond donors (Lipinski definition) is 2. The summed E-state index contributed by atoms with van der Waals surface area (Å²) in [7, 11) is -0.708. The largest absolute Gasteiger partial charge is 0.508 e. The predicted molar refractivity (Wildman–Crippen MR) is 96.2 cm³/mol. The number of para-hydroxylation sites is 1. The molecule has 0 aromatic heterocycles. The molecule has 0 unspecified atom stereocenters. The monoisotopic (exact) mass is 362 g/mol. The van der Waals surface area contributed by atoms with Gasteiger partial charge in [0.2, 0.25) is 10.0 Å². The number of rotatable bonds is 6. The van der Waals surface area contributed by atoms with Crippen LogP contribution in [0.1, 0.15) is 21.5 Å². The number of benzene rings is 2. The molecule has 2 aromatic carbocycles. The lowest BCUT2D eigenvalue weighted by molar-refractivity contribution is 0.0954. The standard InChI is InChI=1S/C18H22N2O4S/c1-13-8-9-15(12-17(13)25(23,24)20(2)3)18(22)19-11-10-14-6-4-5-7-16(14)21/h4-9,12,21H,10-11H2,1-3H3,(H,19,22). The average molecular weight is 362 g/mol. The Balaban J connectivity index is 2.11. The number of aromatic hydroxyl groups is 1. The zero-order chi connectivity index (χ0) is 18.6. The highest BCUT2D eigenvalue weighted by Gasteiger charge is 2.21. The van der Waals surface area contributed by atoms with Crippen LogP contribution < -0.4 is 5.32 Å². The van der Waals surface area contributed by atoms with Crippen LogP contribution in [-0.2, 0) is 16.4 Å². The van der Waals surface area contributed by atoms with Crippen LogP contribution in [0.3, 0.4) is 0 Å². The van der Waals surface area contributed by atoms with Crippen LogP contribution in [0.15, 0.2) is 47.4 Å². The second-order valence-corrected chi connectivity index (χ2v) is 8.02.